The van der Waals surface area contributed by atoms with E-state index in [2.05, 4.69) is 38.7 Å². The Labute approximate surface area is 252 Å². The van der Waals surface area contributed by atoms with Gasteiger partial charge in [0.05, 0.1) is 15.2 Å². The number of aromatic nitrogens is 3. The van der Waals surface area contributed by atoms with Gasteiger partial charge in [0.2, 0.25) is 5.91 Å². The molecule has 6 rings (SSSR count). The van der Waals surface area contributed by atoms with Crippen molar-refractivity contribution in [1.82, 2.24) is 25.2 Å². The van der Waals surface area contributed by atoms with Crippen LogP contribution in [0, 0.1) is 5.82 Å². The van der Waals surface area contributed by atoms with Crippen LogP contribution < -0.4 is 20.7 Å². The summed E-state index contributed by atoms with van der Waals surface area (Å²) in [6, 6.07) is 7.46. The molecule has 42 heavy (non-hydrogen) atoms. The molecule has 12 heteroatoms. The quantitative estimate of drug-likeness (QED) is 0.268. The zero-order valence-electron chi connectivity index (χ0n) is 23.4. The molecular formula is C30H33ClFN7O2S. The fourth-order valence-corrected chi connectivity index (χ4v) is 7.01. The molecule has 2 fully saturated rings. The number of rotatable bonds is 7. The summed E-state index contributed by atoms with van der Waals surface area (Å²) in [5.74, 6) is -0.276. The average Bonchev–Trinajstić information content (AvgIpc) is 3.49. The third-order valence-corrected chi connectivity index (χ3v) is 9.27. The second kappa shape index (κ2) is 12.0. The van der Waals surface area contributed by atoms with E-state index in [-0.39, 0.29) is 40.1 Å². The molecule has 2 aliphatic rings. The molecule has 2 aliphatic heterocycles. The van der Waals surface area contributed by atoms with Gasteiger partial charge in [0, 0.05) is 41.7 Å². The molecule has 1 unspecified atom stereocenters. The lowest BCUT2D eigenvalue weighted by molar-refractivity contribution is -0.117. The number of ether oxygens (including phenoxy) is 1. The van der Waals surface area contributed by atoms with Gasteiger partial charge in [-0.15, -0.1) is 0 Å². The predicted octanol–water partition coefficient (Wildman–Crippen LogP) is 5.42. The highest BCUT2D eigenvalue weighted by Gasteiger charge is 2.28. The van der Waals surface area contributed by atoms with Crippen molar-refractivity contribution in [2.75, 3.05) is 43.9 Å². The van der Waals surface area contributed by atoms with E-state index in [1.165, 1.54) is 17.4 Å². The standard InChI is InChI=1S/C30H33ClFN7O2S/c1-3-23(40)34-17-8-4-5-13-39(15-17)28-20-14-21(31)24(19-10-6-11-22-26(19)35-29(33)42-22)25(32)27(20)36-30(37-28)41-16-18-9-7-12-38(18)2/h3,6,10-11,14,17-18H,1,4-5,7-9,12-13,15-16H2,2H3,(H2,33,35)(H,34,40)/t17?,18-/m0/s1. The molecule has 0 spiro atoms. The highest BCUT2D eigenvalue weighted by molar-refractivity contribution is 7.22. The number of anilines is 2. The first-order chi connectivity index (χ1) is 20.3. The summed E-state index contributed by atoms with van der Waals surface area (Å²) < 4.78 is 23.7. The molecule has 2 aromatic carbocycles. The van der Waals surface area contributed by atoms with Crippen molar-refractivity contribution in [2.24, 2.45) is 0 Å². The van der Waals surface area contributed by atoms with Crippen LogP contribution in [0.2, 0.25) is 5.02 Å². The zero-order chi connectivity index (χ0) is 29.4. The van der Waals surface area contributed by atoms with Crippen LogP contribution in [0.15, 0.2) is 36.9 Å². The summed E-state index contributed by atoms with van der Waals surface area (Å²) in [4.78, 5) is 30.3. The van der Waals surface area contributed by atoms with Crippen molar-refractivity contribution in [3.8, 4) is 17.1 Å². The van der Waals surface area contributed by atoms with E-state index in [1.807, 2.05) is 12.1 Å². The fourth-order valence-electron chi connectivity index (χ4n) is 5.95. The van der Waals surface area contributed by atoms with Gasteiger partial charge in [-0.1, -0.05) is 41.6 Å². The summed E-state index contributed by atoms with van der Waals surface area (Å²) in [6.07, 6.45) is 6.02. The van der Waals surface area contributed by atoms with Crippen molar-refractivity contribution in [3.05, 3.63) is 47.8 Å². The lowest BCUT2D eigenvalue weighted by Crippen LogP contribution is -2.42. The number of hydrogen-bond donors (Lipinski definition) is 2. The molecule has 0 saturated carbocycles. The molecule has 4 aromatic rings. The third kappa shape index (κ3) is 5.60. The summed E-state index contributed by atoms with van der Waals surface area (Å²) >= 11 is 8.17. The summed E-state index contributed by atoms with van der Waals surface area (Å²) in [5, 5.41) is 4.11. The summed E-state index contributed by atoms with van der Waals surface area (Å²) in [7, 11) is 2.07. The highest BCUT2D eigenvalue weighted by Crippen LogP contribution is 2.42. The first kappa shape index (κ1) is 28.6. The van der Waals surface area contributed by atoms with Gasteiger partial charge in [-0.3, -0.25) is 4.79 Å². The maximum atomic E-state index is 16.7. The normalized spacial score (nSPS) is 19.7. The van der Waals surface area contributed by atoms with Gasteiger partial charge in [-0.2, -0.15) is 9.97 Å². The second-order valence-electron chi connectivity index (χ2n) is 10.9. The molecule has 0 aliphatic carbocycles. The van der Waals surface area contributed by atoms with E-state index in [4.69, 9.17) is 27.1 Å². The molecule has 0 radical (unpaired) electrons. The Kier molecular flexibility index (Phi) is 8.15. The first-order valence-electron chi connectivity index (χ1n) is 14.2. The van der Waals surface area contributed by atoms with E-state index in [1.54, 1.807) is 12.1 Å². The predicted molar refractivity (Wildman–Crippen MR) is 167 cm³/mol. The number of likely N-dealkylation sites (N-methyl/N-ethyl adjacent to an activating group) is 1. The van der Waals surface area contributed by atoms with Gasteiger partial charge in [0.25, 0.3) is 0 Å². The van der Waals surface area contributed by atoms with E-state index < -0.39 is 5.82 Å². The number of thiazole rings is 1. The number of hydrogen-bond acceptors (Lipinski definition) is 9. The number of halogens is 2. The number of nitrogen functional groups attached to an aromatic ring is 1. The van der Waals surface area contributed by atoms with E-state index in [9.17, 15) is 4.79 Å². The summed E-state index contributed by atoms with van der Waals surface area (Å²) in [6.45, 7) is 6.16. The van der Waals surface area contributed by atoms with Crippen LogP contribution in [0.5, 0.6) is 6.01 Å². The minimum absolute atomic E-state index is 0.108. The number of nitrogens with zero attached hydrogens (tertiary/aromatic N) is 5. The highest BCUT2D eigenvalue weighted by atomic mass is 35.5. The Morgan fingerprint density at radius 2 is 2.10 bits per heavy atom. The van der Waals surface area contributed by atoms with Gasteiger partial charge in [0.15, 0.2) is 10.9 Å². The molecule has 0 bridgehead atoms. The maximum absolute atomic E-state index is 16.7. The van der Waals surface area contributed by atoms with Crippen LogP contribution in [0.4, 0.5) is 15.3 Å². The Bertz CT molecular complexity index is 1660. The molecule has 2 atom stereocenters. The molecule has 220 valence electrons. The summed E-state index contributed by atoms with van der Waals surface area (Å²) in [5.41, 5.74) is 7.44. The van der Waals surface area contributed by atoms with Gasteiger partial charge >= 0.3 is 6.01 Å². The second-order valence-corrected chi connectivity index (χ2v) is 12.4. The minimum atomic E-state index is -0.575. The minimum Gasteiger partial charge on any atom is -0.462 e. The van der Waals surface area contributed by atoms with Crippen LogP contribution in [0.3, 0.4) is 0 Å². The maximum Gasteiger partial charge on any atom is 0.319 e. The van der Waals surface area contributed by atoms with Crippen LogP contribution in [-0.2, 0) is 4.79 Å². The van der Waals surface area contributed by atoms with E-state index >= 15 is 4.39 Å². The Hall–Kier alpha value is -3.54. The molecule has 1 amide bonds. The number of nitrogens with two attached hydrogens (primary N) is 1. The number of fused-ring (bicyclic) bond motifs is 2. The smallest absolute Gasteiger partial charge is 0.319 e. The Morgan fingerprint density at radius 1 is 1.24 bits per heavy atom. The van der Waals surface area contributed by atoms with E-state index in [0.717, 1.165) is 43.3 Å². The van der Waals surface area contributed by atoms with Gasteiger partial charge in [-0.05, 0) is 63.9 Å². The van der Waals surface area contributed by atoms with Crippen molar-refractivity contribution in [3.63, 3.8) is 0 Å². The third-order valence-electron chi connectivity index (χ3n) is 8.13. The number of likely N-dealkylation sites (tertiary alicyclic amines) is 1. The van der Waals surface area contributed by atoms with Crippen LogP contribution >= 0.6 is 22.9 Å². The van der Waals surface area contributed by atoms with Crippen molar-refractivity contribution < 1.29 is 13.9 Å². The molecule has 3 N–H and O–H groups in total. The number of carbonyl (C=O) groups excluding carboxylic acids is 1. The average molecular weight is 610 g/mol. The number of para-hydroxylation sites is 1. The van der Waals surface area contributed by atoms with E-state index in [0.29, 0.717) is 47.1 Å². The van der Waals surface area contributed by atoms with Gasteiger partial charge < -0.3 is 25.6 Å². The molecular weight excluding hydrogens is 577 g/mol. The molecule has 4 heterocycles. The lowest BCUT2D eigenvalue weighted by Gasteiger charge is -2.27. The molecule has 2 aromatic heterocycles. The Balaban J connectivity index is 1.48. The van der Waals surface area contributed by atoms with Gasteiger partial charge in [0.1, 0.15) is 17.9 Å². The number of amides is 1. The fraction of sp³-hybridized carbons (Fsp3) is 0.400. The molecule has 2 saturated heterocycles. The number of nitrogens with one attached hydrogen (secondary N) is 1. The Morgan fingerprint density at radius 3 is 2.88 bits per heavy atom. The largest absolute Gasteiger partial charge is 0.462 e. The van der Waals surface area contributed by atoms with Crippen LogP contribution in [-0.4, -0.2) is 71.1 Å². The topological polar surface area (TPSA) is 110 Å². The van der Waals surface area contributed by atoms with Crippen molar-refractivity contribution in [2.45, 2.75) is 44.2 Å². The first-order valence-corrected chi connectivity index (χ1v) is 15.4. The van der Waals surface area contributed by atoms with Crippen molar-refractivity contribution in [1.29, 1.82) is 0 Å². The monoisotopic (exact) mass is 609 g/mol. The van der Waals surface area contributed by atoms with Crippen LogP contribution in [0.1, 0.15) is 32.1 Å². The van der Waals surface area contributed by atoms with Crippen LogP contribution in [0.25, 0.3) is 32.2 Å². The number of carbonyl (C=O) groups is 1. The van der Waals surface area contributed by atoms with Gasteiger partial charge in [-0.25, -0.2) is 9.37 Å². The molecule has 9 nitrogen and oxygen atoms in total. The number of benzene rings is 2. The van der Waals surface area contributed by atoms with Crippen molar-refractivity contribution >= 4 is 60.9 Å². The lowest BCUT2D eigenvalue weighted by atomic mass is 10.0. The zero-order valence-corrected chi connectivity index (χ0v) is 25.0. The SMILES string of the molecule is C=CC(=O)NC1CCCCN(c2nc(OC[C@@H]3CCCN3C)nc3c(F)c(-c4cccc5sc(N)nc45)c(Cl)cc23)C1.